The summed E-state index contributed by atoms with van der Waals surface area (Å²) >= 11 is 17.7. The number of fused-ring (bicyclic) bond motifs is 1. The van der Waals surface area contributed by atoms with E-state index in [1.165, 1.54) is 0 Å². The van der Waals surface area contributed by atoms with Crippen LogP contribution >= 0.6 is 34.8 Å². The normalized spacial score (nSPS) is 36.0. The lowest BCUT2D eigenvalue weighted by molar-refractivity contribution is -0.381. The topological polar surface area (TPSA) is 121 Å². The van der Waals surface area contributed by atoms with Gasteiger partial charge in [-0.3, -0.25) is 0 Å². The number of carbonyl (C=O) groups excluding carboxylic acids is 1. The van der Waals surface area contributed by atoms with Crippen LogP contribution in [-0.4, -0.2) is 90.7 Å². The third-order valence-electron chi connectivity index (χ3n) is 12.8. The summed E-state index contributed by atoms with van der Waals surface area (Å²) in [6.45, 7) is 13.1. The average Bonchev–Trinajstić information content (AvgIpc) is 3.29. The first-order valence-electron chi connectivity index (χ1n) is 22.2. The monoisotopic (exact) mass is 933 g/mol. The Labute approximate surface area is 386 Å². The molecule has 0 radical (unpaired) electrons. The van der Waals surface area contributed by atoms with Crippen molar-refractivity contribution >= 4 is 40.9 Å². The van der Waals surface area contributed by atoms with Crippen LogP contribution in [0.4, 0.5) is 4.79 Å². The van der Waals surface area contributed by atoms with E-state index in [9.17, 15) is 4.79 Å². The van der Waals surface area contributed by atoms with Gasteiger partial charge in [0.1, 0.15) is 18.8 Å². The molecule has 4 aliphatic rings. The molecule has 0 saturated carbocycles. The molecule has 1 N–H and O–H groups in total. The number of hydrogen-bond donors (Lipinski definition) is 1. The largest absolute Gasteiger partial charge is 0.445 e. The van der Waals surface area contributed by atoms with Crippen LogP contribution in [-0.2, 0) is 60.6 Å². The van der Waals surface area contributed by atoms with Gasteiger partial charge in [-0.1, -0.05) is 167 Å². The fourth-order valence-corrected chi connectivity index (χ4v) is 9.22. The van der Waals surface area contributed by atoms with Crippen LogP contribution in [0.3, 0.4) is 0 Å². The number of amides is 1. The van der Waals surface area contributed by atoms with E-state index < -0.39 is 59.9 Å². The van der Waals surface area contributed by atoms with Gasteiger partial charge in [-0.2, -0.15) is 0 Å². The average molecular weight is 935 g/mol. The molecule has 3 aromatic rings. The van der Waals surface area contributed by atoms with Crippen LogP contribution in [0.1, 0.15) is 77.4 Å². The summed E-state index contributed by atoms with van der Waals surface area (Å²) in [4.78, 5) is 13.1. The maximum Gasteiger partial charge on any atom is 0.407 e. The van der Waals surface area contributed by atoms with Crippen LogP contribution in [0.2, 0.25) is 0 Å². The number of hydrogen-bond acceptors (Lipinski definition) is 11. The van der Waals surface area contributed by atoms with Crippen molar-refractivity contribution in [2.75, 3.05) is 13.2 Å². The molecule has 1 amide bonds. The lowest BCUT2D eigenvalue weighted by Crippen LogP contribution is -2.63. The van der Waals surface area contributed by atoms with Gasteiger partial charge in [0.15, 0.2) is 25.2 Å². The Bertz CT molecular complexity index is 1850. The number of rotatable bonds is 15. The summed E-state index contributed by atoms with van der Waals surface area (Å²) in [7, 11) is 0. The van der Waals surface area contributed by atoms with Gasteiger partial charge in [0.25, 0.3) is 0 Å². The Morgan fingerprint density at radius 3 is 1.81 bits per heavy atom. The fraction of sp³-hybridized carbons (Fsp3) is 0.604. The molecule has 12 nitrogen and oxygen atoms in total. The number of ether oxygens (including phenoxy) is 10. The highest BCUT2D eigenvalue weighted by molar-refractivity contribution is 6.67. The van der Waals surface area contributed by atoms with Gasteiger partial charge in [0.2, 0.25) is 3.79 Å². The zero-order valence-electron chi connectivity index (χ0n) is 36.8. The van der Waals surface area contributed by atoms with Crippen LogP contribution in [0, 0.1) is 23.7 Å². The Hall–Kier alpha value is -2.56. The van der Waals surface area contributed by atoms with E-state index in [0.29, 0.717) is 26.1 Å². The highest BCUT2D eigenvalue weighted by atomic mass is 35.6. The van der Waals surface area contributed by atoms with E-state index in [2.05, 4.69) is 33.0 Å². The minimum Gasteiger partial charge on any atom is -0.445 e. The molecule has 0 aliphatic carbocycles. The number of carbonyl (C=O) groups is 1. The third-order valence-corrected chi connectivity index (χ3v) is 13.2. The highest BCUT2D eigenvalue weighted by Gasteiger charge is 2.53. The van der Waals surface area contributed by atoms with Crippen molar-refractivity contribution in [3.8, 4) is 0 Å². The molecule has 16 atom stereocenters. The van der Waals surface area contributed by atoms with Gasteiger partial charge in [-0.15, -0.1) is 0 Å². The van der Waals surface area contributed by atoms with Crippen molar-refractivity contribution in [2.24, 2.45) is 23.7 Å². The molecule has 0 bridgehead atoms. The molecule has 3 aromatic carbocycles. The summed E-state index contributed by atoms with van der Waals surface area (Å²) in [5.41, 5.74) is 2.96. The van der Waals surface area contributed by atoms with Gasteiger partial charge >= 0.3 is 6.09 Å². The van der Waals surface area contributed by atoms with E-state index in [1.807, 2.05) is 105 Å². The van der Waals surface area contributed by atoms with Crippen LogP contribution < -0.4 is 5.32 Å². The fourth-order valence-electron chi connectivity index (χ4n) is 9.05. The van der Waals surface area contributed by atoms with Gasteiger partial charge < -0.3 is 52.7 Å². The molecule has 4 aliphatic heterocycles. The van der Waals surface area contributed by atoms with E-state index in [1.54, 1.807) is 0 Å². The molecule has 63 heavy (non-hydrogen) atoms. The molecule has 0 spiro atoms. The molecule has 7 rings (SSSR count). The number of benzene rings is 3. The Balaban J connectivity index is 1.06. The summed E-state index contributed by atoms with van der Waals surface area (Å²) in [6, 6.07) is 29.1. The quantitative estimate of drug-likeness (QED) is 0.147. The molecule has 4 saturated heterocycles. The number of alkyl carbamates (subject to hydrolysis) is 1. The zero-order chi connectivity index (χ0) is 44.7. The minimum atomic E-state index is -1.78. The van der Waals surface area contributed by atoms with E-state index in [4.69, 9.17) is 82.2 Å². The Morgan fingerprint density at radius 1 is 0.651 bits per heavy atom. The van der Waals surface area contributed by atoms with Crippen molar-refractivity contribution in [3.63, 3.8) is 0 Å². The molecular formula is C48H62Cl3NO11. The van der Waals surface area contributed by atoms with Crippen molar-refractivity contribution in [2.45, 2.75) is 145 Å². The van der Waals surface area contributed by atoms with Gasteiger partial charge in [-0.25, -0.2) is 4.79 Å². The summed E-state index contributed by atoms with van der Waals surface area (Å²) < 4.78 is 63.7. The second-order valence-electron chi connectivity index (χ2n) is 17.2. The predicted molar refractivity (Wildman–Crippen MR) is 238 cm³/mol. The van der Waals surface area contributed by atoms with Crippen LogP contribution in [0.25, 0.3) is 0 Å². The van der Waals surface area contributed by atoms with Crippen molar-refractivity contribution in [1.82, 2.24) is 5.32 Å². The highest BCUT2D eigenvalue weighted by Crippen LogP contribution is 2.43. The van der Waals surface area contributed by atoms with Crippen LogP contribution in [0.15, 0.2) is 91.0 Å². The standard InChI is InChI=1S/C48H62Cl3NO11/c1-7-35-39(63-46-42(54-24-32-18-12-9-13-19-32)31(6)41-37(60-46)26-56-44(62-41)34-22-16-11-17-23-34)28(3)29(4)43(58-35)61-40-30(5)38(52-47(53)57-27-48(49,50)51)45(59-36(40)8-2)55-25-33-20-14-10-15-21-33/h9-23,28-31,35-46H,7-8,24-27H2,1-6H3,(H,52,53)/t28-,29?,30-,31+,35?,36?,37?,38?,39+,40+,41+,42?,43+,44?,45-,46+/m1/s1. The van der Waals surface area contributed by atoms with E-state index >= 15 is 0 Å². The minimum absolute atomic E-state index is 0.0332. The molecule has 0 aromatic heterocycles. The van der Waals surface area contributed by atoms with Gasteiger partial charge in [-0.05, 0) is 29.9 Å². The number of alkyl halides is 3. The van der Waals surface area contributed by atoms with Crippen molar-refractivity contribution in [1.29, 1.82) is 0 Å². The molecule has 7 unspecified atom stereocenters. The lowest BCUT2D eigenvalue weighted by atomic mass is 9.82. The summed E-state index contributed by atoms with van der Waals surface area (Å²) in [5, 5.41) is 2.92. The molecule has 346 valence electrons. The smallest absolute Gasteiger partial charge is 0.407 e. The number of nitrogens with one attached hydrogen (secondary N) is 1. The Morgan fingerprint density at radius 2 is 1.21 bits per heavy atom. The molecule has 4 heterocycles. The second kappa shape index (κ2) is 22.3. The maximum absolute atomic E-state index is 13.1. The second-order valence-corrected chi connectivity index (χ2v) is 19.7. The molecular weight excluding hydrogens is 873 g/mol. The third kappa shape index (κ3) is 12.3. The summed E-state index contributed by atoms with van der Waals surface area (Å²) in [6.07, 6.45) is -4.87. The number of halogens is 3. The molecule has 15 heteroatoms. The maximum atomic E-state index is 13.1. The lowest BCUT2D eigenvalue weighted by Gasteiger charge is -2.52. The first-order valence-corrected chi connectivity index (χ1v) is 23.4. The van der Waals surface area contributed by atoms with E-state index in [0.717, 1.165) is 16.7 Å². The first kappa shape index (κ1) is 48.4. The predicted octanol–water partition coefficient (Wildman–Crippen LogP) is 9.68. The molecule has 4 fully saturated rings. The van der Waals surface area contributed by atoms with Gasteiger partial charge in [0, 0.05) is 23.3 Å². The van der Waals surface area contributed by atoms with Crippen LogP contribution in [0.5, 0.6) is 0 Å². The van der Waals surface area contributed by atoms with Crippen molar-refractivity contribution in [3.05, 3.63) is 108 Å². The van der Waals surface area contributed by atoms with Crippen molar-refractivity contribution < 1.29 is 52.2 Å². The SMILES string of the molecule is CCC1O[C@@H](O[C@@H]2C(CC)O[C@@H](OCc3ccccc3)C(NC(=O)OCC(Cl)(Cl)Cl)[C@H]2C)C(C)[C@@H](C)[C@@H]1O[C@@H]1OC2COC(c3ccccc3)O[C@H]2[C@H](C)C1OCc1ccccc1. The zero-order valence-corrected chi connectivity index (χ0v) is 39.0. The van der Waals surface area contributed by atoms with E-state index in [-0.39, 0.29) is 60.8 Å². The Kier molecular flexibility index (Phi) is 17.1. The summed E-state index contributed by atoms with van der Waals surface area (Å²) in [5.74, 6) is -0.574. The first-order chi connectivity index (χ1) is 30.3. The van der Waals surface area contributed by atoms with Gasteiger partial charge in [0.05, 0.1) is 56.4 Å².